The van der Waals surface area contributed by atoms with E-state index in [4.69, 9.17) is 22.6 Å². The Bertz CT molecular complexity index is 874. The summed E-state index contributed by atoms with van der Waals surface area (Å²) in [5, 5.41) is 9.47. The molecule has 0 unspecified atom stereocenters. The smallest absolute Gasteiger partial charge is 0.114 e. The van der Waals surface area contributed by atoms with E-state index < -0.39 is 0 Å². The van der Waals surface area contributed by atoms with Crippen molar-refractivity contribution in [2.24, 2.45) is 0 Å². The zero-order chi connectivity index (χ0) is 15.0. The van der Waals surface area contributed by atoms with Gasteiger partial charge in [0.25, 0.3) is 0 Å². The number of benzene rings is 2. The maximum absolute atomic E-state index is 8.94. The number of nitriles is 1. The molecule has 4 nitrogen and oxygen atoms in total. The van der Waals surface area contributed by atoms with E-state index in [0.717, 1.165) is 29.0 Å². The number of halogens is 1. The maximum Gasteiger partial charge on any atom is 0.114 e. The number of fused-ring (bicyclic) bond motifs is 1. The summed E-state index contributed by atoms with van der Waals surface area (Å²) in [6, 6.07) is 13.0. The summed E-state index contributed by atoms with van der Waals surface area (Å²) in [5.41, 5.74) is 9.65. The first-order valence-electron chi connectivity index (χ1n) is 6.61. The SMILES string of the molecule is CCc1nc2cc(N)ccc2n1-c1ccc(C#N)cc1Cl. The quantitative estimate of drug-likeness (QED) is 0.733. The fraction of sp³-hybridized carbons (Fsp3) is 0.125. The van der Waals surface area contributed by atoms with E-state index in [9.17, 15) is 0 Å². The summed E-state index contributed by atoms with van der Waals surface area (Å²) in [7, 11) is 0. The van der Waals surface area contributed by atoms with Crippen molar-refractivity contribution in [3.05, 3.63) is 52.8 Å². The molecule has 0 amide bonds. The maximum atomic E-state index is 8.94. The van der Waals surface area contributed by atoms with Gasteiger partial charge in [0, 0.05) is 12.1 Å². The molecule has 104 valence electrons. The fourth-order valence-corrected chi connectivity index (χ4v) is 2.68. The number of nitrogens with zero attached hydrogens (tertiary/aromatic N) is 3. The Kier molecular flexibility index (Phi) is 3.28. The number of nitrogens with two attached hydrogens (primary N) is 1. The molecule has 0 aliphatic heterocycles. The third-order valence-corrected chi connectivity index (χ3v) is 3.68. The molecular formula is C16H13ClN4. The second kappa shape index (κ2) is 5.12. The van der Waals surface area contributed by atoms with Crippen molar-refractivity contribution in [1.82, 2.24) is 9.55 Å². The third kappa shape index (κ3) is 2.22. The molecule has 2 aromatic carbocycles. The van der Waals surface area contributed by atoms with Crippen LogP contribution in [-0.4, -0.2) is 9.55 Å². The zero-order valence-electron chi connectivity index (χ0n) is 11.5. The Morgan fingerprint density at radius 1 is 1.29 bits per heavy atom. The third-order valence-electron chi connectivity index (χ3n) is 3.38. The molecule has 0 fully saturated rings. The molecule has 0 bridgehead atoms. The van der Waals surface area contributed by atoms with Gasteiger partial charge in [-0.3, -0.25) is 4.57 Å². The minimum atomic E-state index is 0.528. The summed E-state index contributed by atoms with van der Waals surface area (Å²) < 4.78 is 2.01. The van der Waals surface area contributed by atoms with Crippen LogP contribution >= 0.6 is 11.6 Å². The lowest BCUT2D eigenvalue weighted by Crippen LogP contribution is -2.01. The van der Waals surface area contributed by atoms with Crippen LogP contribution < -0.4 is 5.73 Å². The summed E-state index contributed by atoms with van der Waals surface area (Å²) in [6.45, 7) is 2.04. The van der Waals surface area contributed by atoms with Crippen LogP contribution in [0.5, 0.6) is 0 Å². The highest BCUT2D eigenvalue weighted by atomic mass is 35.5. The first-order chi connectivity index (χ1) is 10.1. The highest BCUT2D eigenvalue weighted by molar-refractivity contribution is 6.32. The number of hydrogen-bond acceptors (Lipinski definition) is 3. The van der Waals surface area contributed by atoms with E-state index in [1.807, 2.05) is 35.8 Å². The van der Waals surface area contributed by atoms with E-state index in [2.05, 4.69) is 11.1 Å². The highest BCUT2D eigenvalue weighted by Crippen LogP contribution is 2.28. The predicted molar refractivity (Wildman–Crippen MR) is 84.6 cm³/mol. The molecule has 0 atom stereocenters. The van der Waals surface area contributed by atoms with Gasteiger partial charge in [0.15, 0.2) is 0 Å². The largest absolute Gasteiger partial charge is 0.399 e. The van der Waals surface area contributed by atoms with Gasteiger partial charge < -0.3 is 5.73 Å². The van der Waals surface area contributed by atoms with Crippen LogP contribution in [0.3, 0.4) is 0 Å². The second-order valence-electron chi connectivity index (χ2n) is 4.74. The van der Waals surface area contributed by atoms with Gasteiger partial charge in [0.05, 0.1) is 33.4 Å². The molecule has 1 heterocycles. The van der Waals surface area contributed by atoms with Crippen molar-refractivity contribution in [2.75, 3.05) is 5.73 Å². The van der Waals surface area contributed by atoms with Gasteiger partial charge in [-0.25, -0.2) is 4.98 Å². The average Bonchev–Trinajstić information content (AvgIpc) is 2.84. The molecule has 1 aromatic heterocycles. The molecule has 2 N–H and O–H groups in total. The molecule has 0 saturated heterocycles. The minimum Gasteiger partial charge on any atom is -0.399 e. The van der Waals surface area contributed by atoms with Crippen LogP contribution in [0.1, 0.15) is 18.3 Å². The van der Waals surface area contributed by atoms with E-state index in [1.165, 1.54) is 0 Å². The second-order valence-corrected chi connectivity index (χ2v) is 5.15. The lowest BCUT2D eigenvalue weighted by Gasteiger charge is -2.10. The highest BCUT2D eigenvalue weighted by Gasteiger charge is 2.14. The van der Waals surface area contributed by atoms with Crippen LogP contribution in [0.4, 0.5) is 5.69 Å². The molecule has 0 aliphatic carbocycles. The molecule has 3 aromatic rings. The van der Waals surface area contributed by atoms with Crippen LogP contribution in [0.25, 0.3) is 16.7 Å². The predicted octanol–water partition coefficient (Wildman–Crippen LogP) is 3.70. The van der Waals surface area contributed by atoms with Crippen molar-refractivity contribution in [2.45, 2.75) is 13.3 Å². The Morgan fingerprint density at radius 3 is 2.76 bits per heavy atom. The van der Waals surface area contributed by atoms with E-state index in [1.54, 1.807) is 12.1 Å². The van der Waals surface area contributed by atoms with E-state index >= 15 is 0 Å². The lowest BCUT2D eigenvalue weighted by atomic mass is 10.2. The van der Waals surface area contributed by atoms with Gasteiger partial charge in [-0.05, 0) is 36.4 Å². The average molecular weight is 297 g/mol. The number of rotatable bonds is 2. The van der Waals surface area contributed by atoms with E-state index in [0.29, 0.717) is 16.3 Å². The van der Waals surface area contributed by atoms with Crippen LogP contribution in [0, 0.1) is 11.3 Å². The lowest BCUT2D eigenvalue weighted by molar-refractivity contribution is 0.908. The van der Waals surface area contributed by atoms with Crippen molar-refractivity contribution in [3.8, 4) is 11.8 Å². The Balaban J connectivity index is 2.31. The monoisotopic (exact) mass is 296 g/mol. The van der Waals surface area contributed by atoms with Gasteiger partial charge in [-0.1, -0.05) is 18.5 Å². The Morgan fingerprint density at radius 2 is 2.10 bits per heavy atom. The fourth-order valence-electron chi connectivity index (χ4n) is 2.41. The molecule has 3 rings (SSSR count). The van der Waals surface area contributed by atoms with Crippen LogP contribution in [0.15, 0.2) is 36.4 Å². The molecular weight excluding hydrogens is 284 g/mol. The van der Waals surface area contributed by atoms with Crippen molar-refractivity contribution in [3.63, 3.8) is 0 Å². The van der Waals surface area contributed by atoms with Gasteiger partial charge in [-0.15, -0.1) is 0 Å². The van der Waals surface area contributed by atoms with Crippen molar-refractivity contribution >= 4 is 28.3 Å². The number of aryl methyl sites for hydroxylation is 1. The van der Waals surface area contributed by atoms with Crippen molar-refractivity contribution < 1.29 is 0 Å². The number of imidazole rings is 1. The molecule has 0 radical (unpaired) electrons. The molecule has 0 spiro atoms. The van der Waals surface area contributed by atoms with Crippen molar-refractivity contribution in [1.29, 1.82) is 5.26 Å². The molecule has 0 aliphatic rings. The Hall–Kier alpha value is -2.51. The van der Waals surface area contributed by atoms with Gasteiger partial charge in [0.1, 0.15) is 5.82 Å². The summed E-state index contributed by atoms with van der Waals surface area (Å²) in [4.78, 5) is 4.61. The number of anilines is 1. The van der Waals surface area contributed by atoms with Gasteiger partial charge in [-0.2, -0.15) is 5.26 Å². The number of aromatic nitrogens is 2. The summed E-state index contributed by atoms with van der Waals surface area (Å²) in [5.74, 6) is 0.905. The molecule has 5 heteroatoms. The first kappa shape index (κ1) is 13.5. The number of hydrogen-bond donors (Lipinski definition) is 1. The summed E-state index contributed by atoms with van der Waals surface area (Å²) >= 11 is 6.34. The standard InChI is InChI=1S/C16H13ClN4/c1-2-16-20-13-8-11(19)4-6-15(13)21(16)14-5-3-10(9-18)7-12(14)17/h3-8H,2,19H2,1H3. The van der Waals surface area contributed by atoms with Crippen LogP contribution in [-0.2, 0) is 6.42 Å². The van der Waals surface area contributed by atoms with E-state index in [-0.39, 0.29) is 0 Å². The first-order valence-corrected chi connectivity index (χ1v) is 6.98. The van der Waals surface area contributed by atoms with Gasteiger partial charge in [0.2, 0.25) is 0 Å². The minimum absolute atomic E-state index is 0.528. The van der Waals surface area contributed by atoms with Crippen LogP contribution in [0.2, 0.25) is 5.02 Å². The Labute approximate surface area is 127 Å². The molecule has 0 saturated carbocycles. The van der Waals surface area contributed by atoms with Gasteiger partial charge >= 0.3 is 0 Å². The zero-order valence-corrected chi connectivity index (χ0v) is 12.2. The number of nitrogen functional groups attached to an aromatic ring is 1. The normalized spacial score (nSPS) is 10.7. The molecule has 21 heavy (non-hydrogen) atoms. The topological polar surface area (TPSA) is 67.6 Å². The summed E-state index contributed by atoms with van der Waals surface area (Å²) in [6.07, 6.45) is 0.769.